The van der Waals surface area contributed by atoms with Crippen LogP contribution in [0.25, 0.3) is 0 Å². The minimum Gasteiger partial charge on any atom is -0.465 e. The fourth-order valence-corrected chi connectivity index (χ4v) is 2.11. The molecule has 0 saturated carbocycles. The second-order valence-electron chi connectivity index (χ2n) is 5.65. The van der Waals surface area contributed by atoms with Gasteiger partial charge in [0.1, 0.15) is 0 Å². The molecule has 27 heavy (non-hydrogen) atoms. The van der Waals surface area contributed by atoms with Crippen molar-refractivity contribution in [1.29, 1.82) is 0 Å². The van der Waals surface area contributed by atoms with E-state index in [1.807, 2.05) is 0 Å². The van der Waals surface area contributed by atoms with E-state index < -0.39 is 0 Å². The van der Waals surface area contributed by atoms with Crippen LogP contribution in [0.2, 0.25) is 0 Å². The smallest absolute Gasteiger partial charge is 0.320 e. The minimum atomic E-state index is -0.357. The number of hydrogen-bond donors (Lipinski definition) is 1. The lowest BCUT2D eigenvalue weighted by molar-refractivity contribution is -0.148. The van der Waals surface area contributed by atoms with Crippen molar-refractivity contribution in [2.45, 2.75) is 26.7 Å². The summed E-state index contributed by atoms with van der Waals surface area (Å²) < 4.78 is 26.1. The molecule has 0 saturated heterocycles. The second kappa shape index (κ2) is 19.5. The minimum absolute atomic E-state index is 0.0555. The fraction of sp³-hybridized carbons (Fsp3) is 0.889. The third-order valence-corrected chi connectivity index (χ3v) is 3.32. The third kappa shape index (κ3) is 17.9. The molecule has 0 atom stereocenters. The van der Waals surface area contributed by atoms with Crippen LogP contribution in [0.4, 0.5) is 0 Å². The molecule has 0 amide bonds. The lowest BCUT2D eigenvalue weighted by atomic mass is 10.3. The molecule has 0 aromatic carbocycles. The summed E-state index contributed by atoms with van der Waals surface area (Å²) in [5.74, 6) is -0.713. The van der Waals surface area contributed by atoms with Gasteiger partial charge in [0, 0.05) is 19.8 Å². The SMILES string of the molecule is CCOC(=O)CN(CCCOCCOCCOCCCN)CC(=O)OCC. The van der Waals surface area contributed by atoms with Crippen LogP contribution < -0.4 is 5.73 Å². The monoisotopic (exact) mass is 392 g/mol. The number of carbonyl (C=O) groups excluding carboxylic acids is 2. The Kier molecular flexibility index (Phi) is 18.6. The number of nitrogens with zero attached hydrogens (tertiary/aromatic N) is 1. The van der Waals surface area contributed by atoms with Crippen molar-refractivity contribution in [1.82, 2.24) is 4.90 Å². The Bertz CT molecular complexity index is 350. The first kappa shape index (κ1) is 25.7. The van der Waals surface area contributed by atoms with Gasteiger partial charge < -0.3 is 29.4 Å². The van der Waals surface area contributed by atoms with E-state index in [9.17, 15) is 9.59 Å². The van der Waals surface area contributed by atoms with Crippen LogP contribution in [0, 0.1) is 0 Å². The first-order valence-corrected chi connectivity index (χ1v) is 9.60. The molecular formula is C18H36N2O7. The van der Waals surface area contributed by atoms with Crippen LogP contribution in [-0.2, 0) is 33.3 Å². The summed E-state index contributed by atoms with van der Waals surface area (Å²) in [6, 6.07) is 0. The standard InChI is InChI=1S/C18H36N2O7/c1-3-26-17(21)15-20(16-18(22)27-4-2)8-6-10-24-12-14-25-13-11-23-9-5-7-19/h3-16,19H2,1-2H3. The third-order valence-electron chi connectivity index (χ3n) is 3.32. The molecule has 0 heterocycles. The quantitative estimate of drug-likeness (QED) is 0.243. The summed E-state index contributed by atoms with van der Waals surface area (Å²) in [6.07, 6.45) is 1.54. The summed E-state index contributed by atoms with van der Waals surface area (Å²) in [7, 11) is 0. The molecular weight excluding hydrogens is 356 g/mol. The average Bonchev–Trinajstić information content (AvgIpc) is 2.62. The van der Waals surface area contributed by atoms with Gasteiger partial charge in [-0.3, -0.25) is 14.5 Å². The molecule has 0 radical (unpaired) electrons. The maximum absolute atomic E-state index is 11.6. The predicted molar refractivity (Wildman–Crippen MR) is 100 cm³/mol. The van der Waals surface area contributed by atoms with E-state index in [1.54, 1.807) is 18.7 Å². The molecule has 2 N–H and O–H groups in total. The summed E-state index contributed by atoms with van der Waals surface area (Å²) in [4.78, 5) is 25.0. The van der Waals surface area contributed by atoms with E-state index >= 15 is 0 Å². The van der Waals surface area contributed by atoms with Crippen LogP contribution in [0.3, 0.4) is 0 Å². The largest absolute Gasteiger partial charge is 0.465 e. The molecule has 0 bridgehead atoms. The van der Waals surface area contributed by atoms with Crippen molar-refractivity contribution in [3.8, 4) is 0 Å². The lowest BCUT2D eigenvalue weighted by Crippen LogP contribution is -2.37. The molecule has 0 rings (SSSR count). The van der Waals surface area contributed by atoms with Gasteiger partial charge in [-0.25, -0.2) is 0 Å². The van der Waals surface area contributed by atoms with Gasteiger partial charge >= 0.3 is 11.9 Å². The first-order valence-electron chi connectivity index (χ1n) is 9.60. The van der Waals surface area contributed by atoms with E-state index in [0.717, 1.165) is 6.42 Å². The molecule has 9 nitrogen and oxygen atoms in total. The van der Waals surface area contributed by atoms with E-state index in [0.29, 0.717) is 72.4 Å². The number of nitrogens with two attached hydrogens (primary N) is 1. The molecule has 9 heteroatoms. The molecule has 0 spiro atoms. The molecule has 0 aromatic heterocycles. The topological polar surface area (TPSA) is 110 Å². The number of esters is 2. The molecule has 0 aliphatic carbocycles. The summed E-state index contributed by atoms with van der Waals surface area (Å²) in [5.41, 5.74) is 5.37. The van der Waals surface area contributed by atoms with E-state index in [-0.39, 0.29) is 25.0 Å². The van der Waals surface area contributed by atoms with Gasteiger partial charge in [-0.2, -0.15) is 0 Å². The zero-order chi connectivity index (χ0) is 20.2. The summed E-state index contributed by atoms with van der Waals surface area (Å²) in [6.45, 7) is 8.62. The Morgan fingerprint density at radius 3 is 1.63 bits per heavy atom. The molecule has 0 aliphatic rings. The van der Waals surface area contributed by atoms with Crippen LogP contribution in [0.1, 0.15) is 26.7 Å². The highest BCUT2D eigenvalue weighted by Crippen LogP contribution is 1.96. The van der Waals surface area contributed by atoms with Crippen molar-refractivity contribution in [3.05, 3.63) is 0 Å². The van der Waals surface area contributed by atoms with Crippen molar-refractivity contribution >= 4 is 11.9 Å². The Labute approximate surface area is 162 Å². The van der Waals surface area contributed by atoms with Crippen LogP contribution >= 0.6 is 0 Å². The second-order valence-corrected chi connectivity index (χ2v) is 5.65. The Morgan fingerprint density at radius 2 is 1.19 bits per heavy atom. The predicted octanol–water partition coefficient (Wildman–Crippen LogP) is 0.203. The van der Waals surface area contributed by atoms with Gasteiger partial charge in [-0.1, -0.05) is 0 Å². The van der Waals surface area contributed by atoms with E-state index in [2.05, 4.69) is 0 Å². The number of carbonyl (C=O) groups is 2. The average molecular weight is 392 g/mol. The normalized spacial score (nSPS) is 11.0. The van der Waals surface area contributed by atoms with Crippen molar-refractivity contribution in [2.75, 3.05) is 79.0 Å². The fourth-order valence-electron chi connectivity index (χ4n) is 2.11. The van der Waals surface area contributed by atoms with E-state index in [4.69, 9.17) is 29.4 Å². The van der Waals surface area contributed by atoms with Gasteiger partial charge in [0.05, 0.1) is 52.7 Å². The maximum atomic E-state index is 11.6. The van der Waals surface area contributed by atoms with Crippen LogP contribution in [0.15, 0.2) is 0 Å². The molecule has 0 fully saturated rings. The Balaban J connectivity index is 3.76. The van der Waals surface area contributed by atoms with Gasteiger partial charge in [-0.05, 0) is 33.2 Å². The number of ether oxygens (including phenoxy) is 5. The van der Waals surface area contributed by atoms with Gasteiger partial charge in [-0.15, -0.1) is 0 Å². The van der Waals surface area contributed by atoms with E-state index in [1.165, 1.54) is 0 Å². The first-order chi connectivity index (χ1) is 13.1. The highest BCUT2D eigenvalue weighted by Gasteiger charge is 2.15. The van der Waals surface area contributed by atoms with Gasteiger partial charge in [0.25, 0.3) is 0 Å². The van der Waals surface area contributed by atoms with Crippen LogP contribution in [0.5, 0.6) is 0 Å². The molecule has 0 aliphatic heterocycles. The van der Waals surface area contributed by atoms with Gasteiger partial charge in [0.15, 0.2) is 0 Å². The zero-order valence-electron chi connectivity index (χ0n) is 16.8. The lowest BCUT2D eigenvalue weighted by Gasteiger charge is -2.20. The van der Waals surface area contributed by atoms with Crippen LogP contribution in [-0.4, -0.2) is 95.9 Å². The van der Waals surface area contributed by atoms with Crippen molar-refractivity contribution < 1.29 is 33.3 Å². The number of hydrogen-bond acceptors (Lipinski definition) is 9. The van der Waals surface area contributed by atoms with Crippen molar-refractivity contribution in [3.63, 3.8) is 0 Å². The van der Waals surface area contributed by atoms with Crippen molar-refractivity contribution in [2.24, 2.45) is 5.73 Å². The molecule has 0 unspecified atom stereocenters. The molecule has 160 valence electrons. The molecule has 0 aromatic rings. The summed E-state index contributed by atoms with van der Waals surface area (Å²) >= 11 is 0. The van der Waals surface area contributed by atoms with Gasteiger partial charge in [0.2, 0.25) is 0 Å². The number of rotatable bonds is 19. The maximum Gasteiger partial charge on any atom is 0.320 e. The highest BCUT2D eigenvalue weighted by atomic mass is 16.5. The highest BCUT2D eigenvalue weighted by molar-refractivity contribution is 5.75. The summed E-state index contributed by atoms with van der Waals surface area (Å²) in [5, 5.41) is 0. The zero-order valence-corrected chi connectivity index (χ0v) is 16.8. The Morgan fingerprint density at radius 1 is 0.741 bits per heavy atom. The Hall–Kier alpha value is -1.26.